The Bertz CT molecular complexity index is 6730. The number of carbonyl (C=O) groups excluding carboxylic acids is 2. The van der Waals surface area contributed by atoms with Gasteiger partial charge in [-0.3, -0.25) is 9.59 Å². The topological polar surface area (TPSA) is 139 Å². The number of ether oxygens (including phenoxy) is 4. The van der Waals surface area contributed by atoms with E-state index in [1.807, 2.05) is 24.3 Å². The summed E-state index contributed by atoms with van der Waals surface area (Å²) in [5.74, 6) is 2.82. The molecule has 0 bridgehead atoms. The number of Topliss-reactive ketones (excluding diaryl/α,β-unsaturated/α-hetero) is 2. The summed E-state index contributed by atoms with van der Waals surface area (Å²) in [7, 11) is 0. The van der Waals surface area contributed by atoms with Crippen molar-refractivity contribution < 1.29 is 28.5 Å². The first-order chi connectivity index (χ1) is 70.6. The van der Waals surface area contributed by atoms with Gasteiger partial charge >= 0.3 is 595 Å². The van der Waals surface area contributed by atoms with Gasteiger partial charge in [0.15, 0.2) is 0 Å². The van der Waals surface area contributed by atoms with Crippen LogP contribution in [0.5, 0.6) is 23.0 Å². The van der Waals surface area contributed by atoms with Gasteiger partial charge in [-0.25, -0.2) is 0 Å². The van der Waals surface area contributed by atoms with E-state index in [1.165, 1.54) is 265 Å². The molecule has 0 saturated heterocycles. The quantitative estimate of drug-likeness (QED) is 0.0118. The van der Waals surface area contributed by atoms with Crippen LogP contribution in [0.1, 0.15) is 293 Å². The van der Waals surface area contributed by atoms with Crippen molar-refractivity contribution in [2.45, 2.75) is 286 Å². The summed E-state index contributed by atoms with van der Waals surface area (Å²) >= 11 is 1.01. The summed E-state index contributed by atoms with van der Waals surface area (Å²) in [5.41, 5.74) is 22.0. The molecule has 12 aromatic carbocycles. The second kappa shape index (κ2) is 50.7. The van der Waals surface area contributed by atoms with Crippen molar-refractivity contribution in [3.8, 4) is 54.1 Å². The SMILES string of the molecule is CCCCCCCCOc1ccc(N(c2ccc(OCCCCCCCC)cc2)c2ccc3c4[se]c(-c5c6nsnc6c(-c6cc7c([se]6)c6ccc(N(c8ccc(OCCCCCCCC)cc8)c8ccc(OCCCCCCCC)cc8)cc6n7CCCCCCCC)c6nc7c8ccccc8c8ccccc8c7nc56)cc4n(CCCCCCCC)c3c2)cc1.O=C1C(=O)c2ccccc2-c2ccccc21. The zero-order valence-electron chi connectivity index (χ0n) is 85.0. The summed E-state index contributed by atoms with van der Waals surface area (Å²) in [5, 5.41) is 7.17. The Morgan fingerprint density at radius 1 is 0.259 bits per heavy atom. The van der Waals surface area contributed by atoms with E-state index in [1.54, 1.807) is 24.3 Å². The molecule has 0 fully saturated rings. The van der Waals surface area contributed by atoms with Gasteiger partial charge in [-0.1, -0.05) is 205 Å². The molecule has 17 heteroatoms. The number of aromatic nitrogens is 6. The van der Waals surface area contributed by atoms with Crippen LogP contribution in [0, 0.1) is 0 Å². The summed E-state index contributed by atoms with van der Waals surface area (Å²) in [6.07, 6.45) is 44.1. The van der Waals surface area contributed by atoms with E-state index >= 15 is 0 Å². The van der Waals surface area contributed by atoms with Crippen LogP contribution in [0.15, 0.2) is 243 Å². The van der Waals surface area contributed by atoms with Crippen molar-refractivity contribution in [2.24, 2.45) is 0 Å². The van der Waals surface area contributed by atoms with Gasteiger partial charge in [0.05, 0.1) is 0 Å². The first-order valence-electron chi connectivity index (χ1n) is 54.2. The number of hydrogen-bond donors (Lipinski definition) is 0. The van der Waals surface area contributed by atoms with E-state index in [2.05, 4.69) is 255 Å². The number of carbonyl (C=O) groups is 2. The van der Waals surface area contributed by atoms with Gasteiger partial charge in [0.2, 0.25) is 11.6 Å². The predicted molar refractivity (Wildman–Crippen MR) is 606 cm³/mol. The molecule has 0 amide bonds. The summed E-state index contributed by atoms with van der Waals surface area (Å²) in [6, 6.07) is 86.9. The molecule has 0 N–H and O–H groups in total. The second-order valence-electron chi connectivity index (χ2n) is 39.2. The largest absolute Gasteiger partial charge is 0.285 e. The number of nitrogens with zero attached hydrogens (tertiary/aromatic N) is 8. The van der Waals surface area contributed by atoms with Crippen LogP contribution in [-0.2, 0) is 13.1 Å². The average molecular weight is 2050 g/mol. The molecule has 0 unspecified atom stereocenters. The fourth-order valence-corrected chi connectivity index (χ4v) is 26.8. The van der Waals surface area contributed by atoms with Gasteiger partial charge < -0.3 is 0 Å². The monoisotopic (exact) mass is 2050 g/mol. The molecule has 19 rings (SSSR count). The second-order valence-corrected chi connectivity index (χ2v) is 44.1. The normalized spacial score (nSPS) is 12.1. The van der Waals surface area contributed by atoms with E-state index in [9.17, 15) is 9.59 Å². The van der Waals surface area contributed by atoms with Crippen molar-refractivity contribution >= 4 is 182 Å². The Hall–Kier alpha value is -11.7. The number of benzene rings is 12. The molecule has 740 valence electrons. The van der Waals surface area contributed by atoms with Crippen molar-refractivity contribution in [1.82, 2.24) is 27.8 Å². The maximum Gasteiger partial charge on any atom is 0.234 e. The van der Waals surface area contributed by atoms with E-state index in [0.717, 1.165) is 201 Å². The minimum absolute atomic E-state index is 0.158. The number of unbranched alkanes of at least 4 members (excludes halogenated alkanes) is 30. The van der Waals surface area contributed by atoms with Gasteiger partial charge in [0.25, 0.3) is 0 Å². The maximum atomic E-state index is 11.8. The molecule has 0 atom stereocenters. The molecule has 0 radical (unpaired) electrons. The molecule has 0 aliphatic heterocycles. The van der Waals surface area contributed by atoms with Crippen LogP contribution in [0.4, 0.5) is 34.1 Å². The van der Waals surface area contributed by atoms with Gasteiger partial charge in [-0.05, 0) is 36.8 Å². The first-order valence-corrected chi connectivity index (χ1v) is 58.4. The number of aryl methyl sites for hydroxylation is 2. The third-order valence-electron chi connectivity index (χ3n) is 28.8. The van der Waals surface area contributed by atoms with Crippen LogP contribution in [-0.4, -0.2) is 94.9 Å². The molecule has 0 spiro atoms. The summed E-state index contributed by atoms with van der Waals surface area (Å²) in [4.78, 5) is 40.8. The molecule has 14 nitrogen and oxygen atoms in total. The van der Waals surface area contributed by atoms with E-state index in [-0.39, 0.29) is 29.0 Å². The number of anilines is 6. The molecule has 6 aromatic heterocycles. The number of hydrogen-bond acceptors (Lipinski definition) is 13. The Labute approximate surface area is 862 Å². The van der Waals surface area contributed by atoms with Gasteiger partial charge in [-0.2, -0.15) is 0 Å². The fourth-order valence-electron chi connectivity index (χ4n) is 21.0. The van der Waals surface area contributed by atoms with Crippen molar-refractivity contribution in [1.29, 1.82) is 0 Å². The van der Waals surface area contributed by atoms with E-state index in [0.29, 0.717) is 11.1 Å². The molecule has 1 aliphatic carbocycles. The Morgan fingerprint density at radius 3 is 0.846 bits per heavy atom. The third-order valence-corrected chi connectivity index (χ3v) is 34.3. The van der Waals surface area contributed by atoms with Crippen LogP contribution < -0.4 is 28.7 Å². The van der Waals surface area contributed by atoms with E-state index in [4.69, 9.17) is 37.7 Å². The molecule has 18 aromatic rings. The van der Waals surface area contributed by atoms with Gasteiger partial charge in [-0.15, -0.1) is 0 Å². The van der Waals surface area contributed by atoms with Crippen LogP contribution >= 0.6 is 11.7 Å². The summed E-state index contributed by atoms with van der Waals surface area (Å²) < 4.78 is 47.4. The number of ketones is 2. The van der Waals surface area contributed by atoms with Crippen molar-refractivity contribution in [3.63, 3.8) is 0 Å². The molecule has 6 heterocycles. The minimum Gasteiger partial charge on any atom is -0.285 e. The van der Waals surface area contributed by atoms with Crippen LogP contribution in [0.3, 0.4) is 0 Å². The zero-order chi connectivity index (χ0) is 98.0. The zero-order valence-corrected chi connectivity index (χ0v) is 89.3. The fraction of sp³-hybridized carbons (Fsp3) is 0.381. The molecular weight excluding hydrogens is 1910 g/mol. The number of rotatable bonds is 54. The first kappa shape index (κ1) is 101. The van der Waals surface area contributed by atoms with Crippen molar-refractivity contribution in [3.05, 3.63) is 254 Å². The number of fused-ring (bicyclic) bond motifs is 17. The van der Waals surface area contributed by atoms with Gasteiger partial charge in [0, 0.05) is 11.1 Å². The van der Waals surface area contributed by atoms with Gasteiger partial charge in [0.1, 0.15) is 0 Å². The predicted octanol–water partition coefficient (Wildman–Crippen LogP) is 36.1. The maximum absolute atomic E-state index is 11.8. The minimum atomic E-state index is -0.408. The molecular formula is C126H142N8O6SSe2. The summed E-state index contributed by atoms with van der Waals surface area (Å²) in [6.45, 7) is 18.5. The van der Waals surface area contributed by atoms with Crippen molar-refractivity contribution in [2.75, 3.05) is 36.2 Å². The third kappa shape index (κ3) is 23.8. The van der Waals surface area contributed by atoms with Crippen LogP contribution in [0.2, 0.25) is 0 Å². The van der Waals surface area contributed by atoms with E-state index < -0.39 is 11.6 Å². The smallest absolute Gasteiger partial charge is 0.234 e. The standard InChI is InChI=1S/C112H134N8O4SSe2.C14H8O2/c1-7-13-19-25-31-41-71-117-97-77-85(119(81-51-61-87(62-52-81)121-73-43-33-27-21-15-9-3)82-53-63-88(64-54-82)122-74-44-34-28-22-16-10-4)59-69-95(97)111-99(117)79-101(126-111)103-107-108(114-106-94-50-40-38-48-92(94)91-47-37-39-49-93(91)105(106)113-107)104(110-109(103)115-125-116-110)102-80-100-112(127-102)96-70-60-86(78-98(96)118(100)72-42-32-26-20-14-8-2)120(83-55-65-89(66-56-83)123-75-45-35-29-23-17-11-5)84-57-67-90(68-58-84)124-76-46-36-30-24-18-12-6;15-13-11-7-3-1-5-9(11)10-6-2-4-8-12(10)14(13)16/h37-40,47-70,77-80H,7-36,41-46,71-76H2,1-6H3;1-8H. The Kier molecular flexibility index (Phi) is 35.9. The molecule has 1 aliphatic rings. The molecule has 143 heavy (non-hydrogen) atoms. The Balaban J connectivity index is 0.000000759. The van der Waals surface area contributed by atoms with Crippen LogP contribution in [0.25, 0.3) is 127 Å². The Morgan fingerprint density at radius 2 is 0.531 bits per heavy atom. The average Bonchev–Trinajstić information content (AvgIpc) is 1.63. The molecule has 0 saturated carbocycles.